The number of aromatic nitrogens is 2. The summed E-state index contributed by atoms with van der Waals surface area (Å²) in [7, 11) is 0. The van der Waals surface area contributed by atoms with Crippen LogP contribution in [0.2, 0.25) is 0 Å². The van der Waals surface area contributed by atoms with Gasteiger partial charge in [0.25, 0.3) is 0 Å². The molecule has 0 radical (unpaired) electrons. The smallest absolute Gasteiger partial charge is 0.0968 e. The molecule has 2 nitrogen and oxygen atoms in total. The predicted octanol–water partition coefficient (Wildman–Crippen LogP) is 4.24. The van der Waals surface area contributed by atoms with Gasteiger partial charge in [0.05, 0.1) is 11.0 Å². The highest BCUT2D eigenvalue weighted by molar-refractivity contribution is 6.02. The van der Waals surface area contributed by atoms with E-state index in [-0.39, 0.29) is 0 Å². The van der Waals surface area contributed by atoms with Gasteiger partial charge < -0.3 is 0 Å². The molecule has 98 valence electrons. The van der Waals surface area contributed by atoms with Crippen LogP contribution in [0.25, 0.3) is 21.8 Å². The number of hydrogen-bond acceptors (Lipinski definition) is 2. The van der Waals surface area contributed by atoms with Gasteiger partial charge in [0.1, 0.15) is 0 Å². The second-order valence-electron chi connectivity index (χ2n) is 4.80. The number of allylic oxidation sites excluding steroid dienone is 2. The summed E-state index contributed by atoms with van der Waals surface area (Å²) in [6, 6.07) is 12.5. The maximum atomic E-state index is 4.73. The second kappa shape index (κ2) is 5.25. The fraction of sp³-hybridized carbons (Fsp3) is 0.111. The van der Waals surface area contributed by atoms with Crippen molar-refractivity contribution in [1.82, 2.24) is 9.97 Å². The van der Waals surface area contributed by atoms with E-state index in [1.165, 1.54) is 0 Å². The number of benzene rings is 1. The van der Waals surface area contributed by atoms with Crippen LogP contribution in [0.5, 0.6) is 0 Å². The van der Waals surface area contributed by atoms with Crippen molar-refractivity contribution in [2.45, 2.75) is 12.8 Å². The summed E-state index contributed by atoms with van der Waals surface area (Å²) in [5.74, 6) is 0. The third kappa shape index (κ3) is 2.21. The Balaban J connectivity index is 2.29. The molecule has 0 fully saturated rings. The lowest BCUT2D eigenvalue weighted by Gasteiger charge is -2.06. The third-order valence-electron chi connectivity index (χ3n) is 3.34. The molecule has 0 saturated heterocycles. The normalized spacial score (nSPS) is 10.8. The van der Waals surface area contributed by atoms with Gasteiger partial charge in [-0.2, -0.15) is 0 Å². The highest BCUT2D eigenvalue weighted by Gasteiger charge is 2.05. The van der Waals surface area contributed by atoms with Crippen molar-refractivity contribution in [3.05, 3.63) is 73.1 Å². The number of nitrogens with zero attached hydrogens (tertiary/aromatic N) is 2. The maximum Gasteiger partial charge on any atom is 0.0968 e. The van der Waals surface area contributed by atoms with Crippen molar-refractivity contribution in [2.24, 2.45) is 0 Å². The maximum absolute atomic E-state index is 4.73. The molecule has 0 aliphatic carbocycles. The standard InChI is InChI=1S/C18H16N2/c1-3-5-15-11-9-13-7-8-14-10-12-16(6-4-2)20-18(14)17(13)19-15/h3-4,7-12H,1-2,5-6H2. The molecule has 20 heavy (non-hydrogen) atoms. The van der Waals surface area contributed by atoms with Crippen molar-refractivity contribution in [1.29, 1.82) is 0 Å². The number of hydrogen-bond donors (Lipinski definition) is 0. The van der Waals surface area contributed by atoms with E-state index >= 15 is 0 Å². The van der Waals surface area contributed by atoms with Crippen LogP contribution in [0.4, 0.5) is 0 Å². The van der Waals surface area contributed by atoms with Crippen LogP contribution in [-0.4, -0.2) is 9.97 Å². The molecule has 3 rings (SSSR count). The molecule has 0 bridgehead atoms. The Labute approximate surface area is 118 Å². The topological polar surface area (TPSA) is 25.8 Å². The van der Waals surface area contributed by atoms with Gasteiger partial charge in [0, 0.05) is 35.0 Å². The quantitative estimate of drug-likeness (QED) is 0.518. The summed E-state index contributed by atoms with van der Waals surface area (Å²) in [5, 5.41) is 2.24. The Bertz CT molecular complexity index is 734. The monoisotopic (exact) mass is 260 g/mol. The molecule has 1 aromatic carbocycles. The molecule has 2 heteroatoms. The van der Waals surface area contributed by atoms with Gasteiger partial charge in [-0.3, -0.25) is 9.97 Å². The average Bonchev–Trinajstić information content (AvgIpc) is 2.48. The van der Waals surface area contributed by atoms with E-state index in [0.717, 1.165) is 46.0 Å². The minimum absolute atomic E-state index is 0.776. The molecule has 0 amide bonds. The van der Waals surface area contributed by atoms with Crippen LogP contribution in [0.3, 0.4) is 0 Å². The predicted molar refractivity (Wildman–Crippen MR) is 84.8 cm³/mol. The van der Waals surface area contributed by atoms with E-state index < -0.39 is 0 Å². The van der Waals surface area contributed by atoms with Crippen LogP contribution in [0, 0.1) is 0 Å². The summed E-state index contributed by atoms with van der Waals surface area (Å²) in [5.41, 5.74) is 3.98. The van der Waals surface area contributed by atoms with Crippen molar-refractivity contribution < 1.29 is 0 Å². The number of fused-ring (bicyclic) bond motifs is 3. The molecule has 2 aromatic heterocycles. The Morgan fingerprint density at radius 3 is 1.50 bits per heavy atom. The molecular weight excluding hydrogens is 244 g/mol. The van der Waals surface area contributed by atoms with Crippen LogP contribution in [0.15, 0.2) is 61.7 Å². The molecule has 0 aliphatic rings. The van der Waals surface area contributed by atoms with Crippen molar-refractivity contribution in [2.75, 3.05) is 0 Å². The zero-order chi connectivity index (χ0) is 13.9. The Kier molecular flexibility index (Phi) is 3.30. The average molecular weight is 260 g/mol. The molecule has 0 atom stereocenters. The molecule has 0 N–H and O–H groups in total. The van der Waals surface area contributed by atoms with Gasteiger partial charge in [-0.25, -0.2) is 0 Å². The van der Waals surface area contributed by atoms with E-state index in [1.54, 1.807) is 0 Å². The summed E-state index contributed by atoms with van der Waals surface area (Å²) < 4.78 is 0. The first-order valence-corrected chi connectivity index (χ1v) is 6.72. The Hall–Kier alpha value is -2.48. The summed E-state index contributed by atoms with van der Waals surface area (Å²) in [4.78, 5) is 9.47. The lowest BCUT2D eigenvalue weighted by atomic mass is 10.1. The van der Waals surface area contributed by atoms with E-state index in [0.29, 0.717) is 0 Å². The van der Waals surface area contributed by atoms with Crippen molar-refractivity contribution in [3.63, 3.8) is 0 Å². The SMILES string of the molecule is C=CCc1ccc2ccc3ccc(CC=C)nc3c2n1. The zero-order valence-electron chi connectivity index (χ0n) is 11.3. The second-order valence-corrected chi connectivity index (χ2v) is 4.80. The first kappa shape index (κ1) is 12.5. The van der Waals surface area contributed by atoms with Crippen molar-refractivity contribution >= 4 is 21.8 Å². The molecule has 0 spiro atoms. The van der Waals surface area contributed by atoms with E-state index in [4.69, 9.17) is 9.97 Å². The largest absolute Gasteiger partial charge is 0.250 e. The summed E-state index contributed by atoms with van der Waals surface area (Å²) >= 11 is 0. The minimum atomic E-state index is 0.776. The summed E-state index contributed by atoms with van der Waals surface area (Å²) in [6.45, 7) is 7.54. The highest BCUT2D eigenvalue weighted by Crippen LogP contribution is 2.23. The van der Waals surface area contributed by atoms with E-state index in [2.05, 4.69) is 37.4 Å². The van der Waals surface area contributed by atoms with Crippen molar-refractivity contribution in [3.8, 4) is 0 Å². The van der Waals surface area contributed by atoms with Gasteiger partial charge in [0.15, 0.2) is 0 Å². The zero-order valence-corrected chi connectivity index (χ0v) is 11.3. The summed E-state index contributed by atoms with van der Waals surface area (Å²) in [6.07, 6.45) is 5.29. The van der Waals surface area contributed by atoms with E-state index in [9.17, 15) is 0 Å². The van der Waals surface area contributed by atoms with Crippen LogP contribution in [0.1, 0.15) is 11.4 Å². The van der Waals surface area contributed by atoms with Gasteiger partial charge in [0.2, 0.25) is 0 Å². The first-order valence-electron chi connectivity index (χ1n) is 6.72. The number of pyridine rings is 2. The fourth-order valence-corrected chi connectivity index (χ4v) is 2.37. The fourth-order valence-electron chi connectivity index (χ4n) is 2.37. The van der Waals surface area contributed by atoms with Crippen LogP contribution < -0.4 is 0 Å². The van der Waals surface area contributed by atoms with Gasteiger partial charge >= 0.3 is 0 Å². The Morgan fingerprint density at radius 1 is 0.700 bits per heavy atom. The third-order valence-corrected chi connectivity index (χ3v) is 3.34. The lowest BCUT2D eigenvalue weighted by molar-refractivity contribution is 1.13. The molecule has 0 aliphatic heterocycles. The molecule has 3 aromatic rings. The molecular formula is C18H16N2. The minimum Gasteiger partial charge on any atom is -0.250 e. The molecule has 2 heterocycles. The molecule has 0 saturated carbocycles. The number of rotatable bonds is 4. The van der Waals surface area contributed by atoms with Crippen LogP contribution >= 0.6 is 0 Å². The highest BCUT2D eigenvalue weighted by atomic mass is 14.8. The van der Waals surface area contributed by atoms with E-state index in [1.807, 2.05) is 24.3 Å². The van der Waals surface area contributed by atoms with Gasteiger partial charge in [-0.1, -0.05) is 36.4 Å². The van der Waals surface area contributed by atoms with Crippen LogP contribution in [-0.2, 0) is 12.8 Å². The van der Waals surface area contributed by atoms with Gasteiger partial charge in [-0.05, 0) is 12.1 Å². The Morgan fingerprint density at radius 2 is 1.10 bits per heavy atom. The van der Waals surface area contributed by atoms with Gasteiger partial charge in [-0.15, -0.1) is 13.2 Å². The molecule has 0 unspecified atom stereocenters. The first-order chi connectivity index (χ1) is 9.81. The lowest BCUT2D eigenvalue weighted by Crippen LogP contribution is -1.93.